The normalized spacial score (nSPS) is 11.6. The Morgan fingerprint density at radius 1 is 1.47 bits per heavy atom. The SMILES string of the molecule is CC(C)(Nc1nc(N)ns1)c1nccs1. The second-order valence-electron chi connectivity index (χ2n) is 3.54. The van der Waals surface area contributed by atoms with Gasteiger partial charge in [-0.2, -0.15) is 9.36 Å². The Morgan fingerprint density at radius 3 is 2.80 bits per heavy atom. The molecular formula is C8H11N5S2. The molecule has 2 aromatic rings. The third-order valence-corrected chi connectivity index (χ3v) is 3.57. The molecule has 0 bridgehead atoms. The van der Waals surface area contributed by atoms with Crippen molar-refractivity contribution in [2.75, 3.05) is 11.1 Å². The summed E-state index contributed by atoms with van der Waals surface area (Å²) in [6, 6.07) is 0. The highest BCUT2D eigenvalue weighted by atomic mass is 32.1. The highest BCUT2D eigenvalue weighted by Gasteiger charge is 2.24. The molecule has 15 heavy (non-hydrogen) atoms. The molecule has 2 heterocycles. The zero-order valence-corrected chi connectivity index (χ0v) is 10.0. The number of hydrogen-bond acceptors (Lipinski definition) is 7. The van der Waals surface area contributed by atoms with Crippen molar-refractivity contribution in [1.29, 1.82) is 0 Å². The summed E-state index contributed by atoms with van der Waals surface area (Å²) >= 11 is 2.86. The summed E-state index contributed by atoms with van der Waals surface area (Å²) in [7, 11) is 0. The summed E-state index contributed by atoms with van der Waals surface area (Å²) in [6.07, 6.45) is 1.79. The fourth-order valence-corrected chi connectivity index (χ4v) is 2.51. The van der Waals surface area contributed by atoms with Crippen LogP contribution in [0.2, 0.25) is 0 Å². The van der Waals surface area contributed by atoms with E-state index in [0.29, 0.717) is 11.1 Å². The predicted octanol–water partition coefficient (Wildman–Crippen LogP) is 1.92. The van der Waals surface area contributed by atoms with E-state index in [-0.39, 0.29) is 5.54 Å². The summed E-state index contributed by atoms with van der Waals surface area (Å²) in [4.78, 5) is 8.33. The van der Waals surface area contributed by atoms with E-state index in [9.17, 15) is 0 Å². The lowest BCUT2D eigenvalue weighted by molar-refractivity contribution is 0.604. The van der Waals surface area contributed by atoms with Crippen molar-refractivity contribution in [3.05, 3.63) is 16.6 Å². The fourth-order valence-electron chi connectivity index (χ4n) is 1.14. The number of hydrogen-bond donors (Lipinski definition) is 2. The third-order valence-electron chi connectivity index (χ3n) is 1.83. The van der Waals surface area contributed by atoms with Gasteiger partial charge < -0.3 is 11.1 Å². The lowest BCUT2D eigenvalue weighted by atomic mass is 10.1. The molecule has 0 saturated carbocycles. The van der Waals surface area contributed by atoms with Gasteiger partial charge in [-0.15, -0.1) is 11.3 Å². The Hall–Kier alpha value is -1.21. The molecule has 0 aliphatic carbocycles. The summed E-state index contributed by atoms with van der Waals surface area (Å²) < 4.78 is 3.91. The first-order valence-corrected chi connectivity index (χ1v) is 6.00. The number of nitrogens with one attached hydrogen (secondary N) is 1. The van der Waals surface area contributed by atoms with Crippen molar-refractivity contribution in [2.45, 2.75) is 19.4 Å². The highest BCUT2D eigenvalue weighted by molar-refractivity contribution is 7.10. The largest absolute Gasteiger partial charge is 0.367 e. The second-order valence-corrected chi connectivity index (χ2v) is 5.19. The standard InChI is InChI=1S/C8H11N5S2/c1-8(2,5-10-3-4-14-5)12-7-11-6(9)13-15-7/h3-4H,1-2H3,(H3,9,11,12,13). The van der Waals surface area contributed by atoms with Crippen molar-refractivity contribution in [3.8, 4) is 0 Å². The molecule has 0 unspecified atom stereocenters. The Labute approximate surface area is 95.6 Å². The average molecular weight is 241 g/mol. The molecule has 0 atom stereocenters. The number of anilines is 2. The molecule has 0 aliphatic heterocycles. The van der Waals surface area contributed by atoms with E-state index in [4.69, 9.17) is 5.73 Å². The minimum absolute atomic E-state index is 0.250. The molecule has 0 aromatic carbocycles. The van der Waals surface area contributed by atoms with Crippen LogP contribution in [-0.2, 0) is 5.54 Å². The van der Waals surface area contributed by atoms with Gasteiger partial charge in [0.05, 0.1) is 5.54 Å². The molecule has 7 heteroatoms. The summed E-state index contributed by atoms with van der Waals surface area (Å²) in [5, 5.41) is 6.93. The van der Waals surface area contributed by atoms with Crippen molar-refractivity contribution in [2.24, 2.45) is 0 Å². The van der Waals surface area contributed by atoms with Gasteiger partial charge in [0.15, 0.2) is 0 Å². The number of nitrogen functional groups attached to an aromatic ring is 1. The van der Waals surface area contributed by atoms with Crippen LogP contribution >= 0.6 is 22.9 Å². The van der Waals surface area contributed by atoms with Gasteiger partial charge in [-0.3, -0.25) is 0 Å². The van der Waals surface area contributed by atoms with Crippen LogP contribution in [0.15, 0.2) is 11.6 Å². The fraction of sp³-hybridized carbons (Fsp3) is 0.375. The quantitative estimate of drug-likeness (QED) is 0.858. The van der Waals surface area contributed by atoms with Crippen molar-refractivity contribution in [1.82, 2.24) is 14.3 Å². The van der Waals surface area contributed by atoms with Gasteiger partial charge in [0.1, 0.15) is 5.01 Å². The van der Waals surface area contributed by atoms with Crippen molar-refractivity contribution < 1.29 is 0 Å². The topological polar surface area (TPSA) is 76.7 Å². The van der Waals surface area contributed by atoms with E-state index in [1.54, 1.807) is 17.5 Å². The molecule has 80 valence electrons. The number of thiazole rings is 1. The average Bonchev–Trinajstić information content (AvgIpc) is 2.75. The maximum atomic E-state index is 5.45. The molecule has 5 nitrogen and oxygen atoms in total. The van der Waals surface area contributed by atoms with E-state index in [1.165, 1.54) is 11.5 Å². The number of nitrogens with two attached hydrogens (primary N) is 1. The molecule has 0 aliphatic rings. The molecule has 0 radical (unpaired) electrons. The Bertz CT molecular complexity index is 434. The molecule has 0 saturated heterocycles. The predicted molar refractivity (Wildman–Crippen MR) is 63.1 cm³/mol. The van der Waals surface area contributed by atoms with Gasteiger partial charge >= 0.3 is 0 Å². The maximum absolute atomic E-state index is 5.45. The number of aromatic nitrogens is 3. The third kappa shape index (κ3) is 2.24. The summed E-state index contributed by atoms with van der Waals surface area (Å²) in [5.74, 6) is 0.303. The van der Waals surface area contributed by atoms with Gasteiger partial charge in [-0.05, 0) is 13.8 Å². The lowest BCUT2D eigenvalue weighted by Gasteiger charge is -2.22. The minimum Gasteiger partial charge on any atom is -0.367 e. The lowest BCUT2D eigenvalue weighted by Crippen LogP contribution is -2.27. The van der Waals surface area contributed by atoms with E-state index in [2.05, 4.69) is 19.7 Å². The van der Waals surface area contributed by atoms with E-state index in [0.717, 1.165) is 5.01 Å². The Morgan fingerprint density at radius 2 is 2.27 bits per heavy atom. The first-order valence-electron chi connectivity index (χ1n) is 4.35. The van der Waals surface area contributed by atoms with Crippen molar-refractivity contribution in [3.63, 3.8) is 0 Å². The number of nitrogens with zero attached hydrogens (tertiary/aromatic N) is 3. The molecule has 2 rings (SSSR count). The van der Waals surface area contributed by atoms with Crippen LogP contribution in [0.25, 0.3) is 0 Å². The van der Waals surface area contributed by atoms with Gasteiger partial charge in [-0.1, -0.05) is 0 Å². The van der Waals surface area contributed by atoms with Crippen LogP contribution in [0, 0.1) is 0 Å². The van der Waals surface area contributed by atoms with E-state index in [1.807, 2.05) is 19.2 Å². The van der Waals surface area contributed by atoms with Crippen LogP contribution in [0.4, 0.5) is 11.1 Å². The smallest absolute Gasteiger partial charge is 0.233 e. The minimum atomic E-state index is -0.250. The van der Waals surface area contributed by atoms with E-state index < -0.39 is 0 Å². The summed E-state index contributed by atoms with van der Waals surface area (Å²) in [6.45, 7) is 4.09. The van der Waals surface area contributed by atoms with Gasteiger partial charge in [0, 0.05) is 23.1 Å². The zero-order chi connectivity index (χ0) is 10.9. The van der Waals surface area contributed by atoms with Crippen LogP contribution in [0.1, 0.15) is 18.9 Å². The Kier molecular flexibility index (Phi) is 2.57. The second kappa shape index (κ2) is 3.74. The molecule has 0 spiro atoms. The molecule has 3 N–H and O–H groups in total. The molecule has 0 fully saturated rings. The molecule has 0 amide bonds. The van der Waals surface area contributed by atoms with Crippen LogP contribution in [0.3, 0.4) is 0 Å². The maximum Gasteiger partial charge on any atom is 0.233 e. The number of rotatable bonds is 3. The zero-order valence-electron chi connectivity index (χ0n) is 8.39. The highest BCUT2D eigenvalue weighted by Crippen LogP contribution is 2.27. The van der Waals surface area contributed by atoms with E-state index >= 15 is 0 Å². The monoisotopic (exact) mass is 241 g/mol. The van der Waals surface area contributed by atoms with Crippen LogP contribution < -0.4 is 11.1 Å². The first-order chi connectivity index (χ1) is 7.08. The van der Waals surface area contributed by atoms with Gasteiger partial charge in [0.25, 0.3) is 0 Å². The molecule has 2 aromatic heterocycles. The van der Waals surface area contributed by atoms with Crippen LogP contribution in [0.5, 0.6) is 0 Å². The Balaban J connectivity index is 2.18. The van der Waals surface area contributed by atoms with Crippen molar-refractivity contribution >= 4 is 33.9 Å². The van der Waals surface area contributed by atoms with Gasteiger partial charge in [0.2, 0.25) is 11.1 Å². The molecular weight excluding hydrogens is 230 g/mol. The summed E-state index contributed by atoms with van der Waals surface area (Å²) in [5.41, 5.74) is 5.20. The van der Waals surface area contributed by atoms with Gasteiger partial charge in [-0.25, -0.2) is 4.98 Å². The first kappa shape index (κ1) is 10.3. The van der Waals surface area contributed by atoms with Crippen LogP contribution in [-0.4, -0.2) is 14.3 Å².